The highest BCUT2D eigenvalue weighted by atomic mass is 33.1. The Morgan fingerprint density at radius 1 is 0.486 bits per heavy atom. The van der Waals surface area contributed by atoms with Crippen molar-refractivity contribution >= 4 is 104 Å². The van der Waals surface area contributed by atoms with Gasteiger partial charge in [0, 0.05) is 76.3 Å². The molecule has 8 amide bonds. The SMILES string of the molecule is CC(C)(C)OC(=O)Nc1cccc(NC(=O)CCC(CCC(=O)Nc2cccc(NC(=O)OC(C)(C)C)c2)(CCC(=O)Nc2cccc(NC(=O)OC(C)(C)C)c2)NC(=O)CNC(=O)CCCCC2CCSS2)c1. The van der Waals surface area contributed by atoms with Crippen LogP contribution in [0.5, 0.6) is 0 Å². The van der Waals surface area contributed by atoms with Gasteiger partial charge in [-0.3, -0.25) is 39.9 Å². The molecule has 19 nitrogen and oxygen atoms in total. The Balaban J connectivity index is 1.57. The molecule has 1 aliphatic rings. The molecule has 74 heavy (non-hydrogen) atoms. The van der Waals surface area contributed by atoms with Crippen LogP contribution in [0.3, 0.4) is 0 Å². The molecule has 3 aromatic carbocycles. The van der Waals surface area contributed by atoms with Gasteiger partial charge >= 0.3 is 18.3 Å². The fourth-order valence-electron chi connectivity index (χ4n) is 7.41. The third-order valence-corrected chi connectivity index (χ3v) is 13.6. The summed E-state index contributed by atoms with van der Waals surface area (Å²) in [6.45, 7) is 15.2. The highest BCUT2D eigenvalue weighted by molar-refractivity contribution is 8.77. The maximum Gasteiger partial charge on any atom is 0.412 e. The van der Waals surface area contributed by atoms with Gasteiger partial charge in [0.15, 0.2) is 0 Å². The first kappa shape index (κ1) is 60.1. The second-order valence-corrected chi connectivity index (χ2v) is 23.7. The lowest BCUT2D eigenvalue weighted by atomic mass is 9.83. The second-order valence-electron chi connectivity index (χ2n) is 20.9. The van der Waals surface area contributed by atoms with E-state index in [-0.39, 0.29) is 50.9 Å². The highest BCUT2D eigenvalue weighted by Gasteiger charge is 2.34. The zero-order valence-electron chi connectivity index (χ0n) is 44.0. The number of ether oxygens (including phenoxy) is 3. The van der Waals surface area contributed by atoms with Crippen LogP contribution in [-0.2, 0) is 38.2 Å². The van der Waals surface area contributed by atoms with E-state index in [2.05, 4.69) is 42.5 Å². The van der Waals surface area contributed by atoms with Crippen LogP contribution in [0, 0.1) is 0 Å². The summed E-state index contributed by atoms with van der Waals surface area (Å²) in [5.74, 6) is -1.19. The summed E-state index contributed by atoms with van der Waals surface area (Å²) in [5.41, 5.74) is -1.46. The molecular weight excluding hydrogens is 989 g/mol. The van der Waals surface area contributed by atoms with Crippen molar-refractivity contribution in [3.05, 3.63) is 72.8 Å². The molecule has 3 aromatic rings. The van der Waals surface area contributed by atoms with Gasteiger partial charge in [-0.2, -0.15) is 0 Å². The van der Waals surface area contributed by atoms with Crippen LogP contribution >= 0.6 is 21.6 Å². The Kier molecular flexibility index (Phi) is 22.9. The van der Waals surface area contributed by atoms with Crippen LogP contribution in [0.15, 0.2) is 72.8 Å². The second kappa shape index (κ2) is 28.3. The summed E-state index contributed by atoms with van der Waals surface area (Å²) in [6.07, 6.45) is 1.13. The van der Waals surface area contributed by atoms with Gasteiger partial charge in [0.2, 0.25) is 29.5 Å². The average Bonchev–Trinajstić information content (AvgIpc) is 3.80. The van der Waals surface area contributed by atoms with Crippen molar-refractivity contribution in [2.45, 2.75) is 161 Å². The summed E-state index contributed by atoms with van der Waals surface area (Å²) in [6, 6.07) is 19.4. The molecular formula is C53H74N8O11S2. The molecule has 21 heteroatoms. The quantitative estimate of drug-likeness (QED) is 0.0250. The van der Waals surface area contributed by atoms with Crippen molar-refractivity contribution in [3.63, 3.8) is 0 Å². The van der Waals surface area contributed by atoms with Gasteiger partial charge in [-0.05, 0) is 155 Å². The standard InChI is InChI=1S/C53H74N8O11S2/c1-50(2,3)70-47(67)58-38-18-12-15-35(31-38)55-43(63)23-27-53(61-46(66)34-54-42(62)22-11-10-21-41-26-30-73-74-41,28-24-44(64)56-36-16-13-19-39(32-36)59-48(68)71-51(4,5)6)29-25-45(65)57-37-17-14-20-40(33-37)60-49(69)72-52(7,8)9/h12-20,31-33,41H,10-11,21-30,34H2,1-9H3,(H,54,62)(H,55,63)(H,56,64)(H,57,65)(H,58,67)(H,59,68)(H,60,69)(H,61,66). The molecule has 4 rings (SSSR count). The van der Waals surface area contributed by atoms with E-state index in [0.29, 0.717) is 45.8 Å². The maximum atomic E-state index is 13.9. The number of unbranched alkanes of at least 4 members (excludes halogenated alkanes) is 1. The number of carbonyl (C=O) groups is 8. The number of hydrogen-bond acceptors (Lipinski definition) is 13. The first-order valence-corrected chi connectivity index (χ1v) is 27.1. The first-order valence-electron chi connectivity index (χ1n) is 24.8. The number of rotatable bonds is 23. The van der Waals surface area contributed by atoms with E-state index in [0.717, 1.165) is 25.0 Å². The van der Waals surface area contributed by atoms with Crippen LogP contribution < -0.4 is 42.5 Å². The first-order chi connectivity index (χ1) is 34.7. The minimum atomic E-state index is -1.38. The molecule has 1 heterocycles. The predicted molar refractivity (Wildman–Crippen MR) is 293 cm³/mol. The molecule has 1 atom stereocenters. The van der Waals surface area contributed by atoms with Crippen molar-refractivity contribution in [1.82, 2.24) is 10.6 Å². The Bertz CT molecular complexity index is 2210. The lowest BCUT2D eigenvalue weighted by Crippen LogP contribution is -2.52. The molecule has 8 N–H and O–H groups in total. The Morgan fingerprint density at radius 2 is 0.851 bits per heavy atom. The Labute approximate surface area is 442 Å². The van der Waals surface area contributed by atoms with Gasteiger partial charge in [0.25, 0.3) is 0 Å². The van der Waals surface area contributed by atoms with Crippen LogP contribution in [0.25, 0.3) is 0 Å². The van der Waals surface area contributed by atoms with E-state index < -0.39 is 70.8 Å². The molecule has 1 aliphatic heterocycles. The topological polar surface area (TPSA) is 260 Å². The fourth-order valence-corrected chi connectivity index (χ4v) is 10.4. The van der Waals surface area contributed by atoms with E-state index in [1.807, 2.05) is 21.6 Å². The van der Waals surface area contributed by atoms with Crippen molar-refractivity contribution < 1.29 is 52.6 Å². The van der Waals surface area contributed by atoms with Crippen LogP contribution in [-0.4, -0.2) is 87.7 Å². The van der Waals surface area contributed by atoms with Crippen molar-refractivity contribution in [1.29, 1.82) is 0 Å². The van der Waals surface area contributed by atoms with Gasteiger partial charge in [0.1, 0.15) is 16.8 Å². The summed E-state index contributed by atoms with van der Waals surface area (Å²) in [7, 11) is 3.75. The molecule has 0 aromatic heterocycles. The maximum absolute atomic E-state index is 13.9. The Morgan fingerprint density at radius 3 is 1.19 bits per heavy atom. The van der Waals surface area contributed by atoms with E-state index in [4.69, 9.17) is 14.2 Å². The number of hydrogen-bond donors (Lipinski definition) is 8. The molecule has 1 fully saturated rings. The van der Waals surface area contributed by atoms with Crippen LogP contribution in [0.2, 0.25) is 0 Å². The summed E-state index contributed by atoms with van der Waals surface area (Å²) in [5, 5.41) is 22.7. The number of carbonyl (C=O) groups excluding carboxylic acids is 8. The molecule has 0 spiro atoms. The van der Waals surface area contributed by atoms with Gasteiger partial charge in [-0.1, -0.05) is 46.2 Å². The van der Waals surface area contributed by atoms with Gasteiger partial charge < -0.3 is 40.8 Å². The normalized spacial score (nSPS) is 13.6. The number of amides is 8. The van der Waals surface area contributed by atoms with E-state index in [1.165, 1.54) is 0 Å². The smallest absolute Gasteiger partial charge is 0.412 e. The largest absolute Gasteiger partial charge is 0.444 e. The van der Waals surface area contributed by atoms with E-state index >= 15 is 0 Å². The number of anilines is 6. The minimum absolute atomic E-state index is 0.0586. The molecule has 0 radical (unpaired) electrons. The van der Waals surface area contributed by atoms with E-state index in [9.17, 15) is 38.4 Å². The number of nitrogens with one attached hydrogen (secondary N) is 8. The molecule has 404 valence electrons. The minimum Gasteiger partial charge on any atom is -0.444 e. The zero-order valence-corrected chi connectivity index (χ0v) is 45.6. The molecule has 1 saturated heterocycles. The predicted octanol–water partition coefficient (Wildman–Crippen LogP) is 11.0. The monoisotopic (exact) mass is 1060 g/mol. The van der Waals surface area contributed by atoms with Crippen molar-refractivity contribution in [2.75, 3.05) is 44.2 Å². The molecule has 1 unspecified atom stereocenters. The summed E-state index contributed by atoms with van der Waals surface area (Å²) < 4.78 is 16.1. The van der Waals surface area contributed by atoms with Crippen molar-refractivity contribution in [2.24, 2.45) is 0 Å². The third-order valence-electron chi connectivity index (χ3n) is 10.6. The molecule has 0 bridgehead atoms. The van der Waals surface area contributed by atoms with Gasteiger partial charge in [0.05, 0.1) is 6.54 Å². The van der Waals surface area contributed by atoms with Gasteiger partial charge in [-0.15, -0.1) is 0 Å². The molecule has 0 saturated carbocycles. The van der Waals surface area contributed by atoms with E-state index in [1.54, 1.807) is 135 Å². The average molecular weight is 1060 g/mol. The Hall–Kier alpha value is -6.48. The van der Waals surface area contributed by atoms with Crippen molar-refractivity contribution in [3.8, 4) is 0 Å². The highest BCUT2D eigenvalue weighted by Crippen LogP contribution is 2.40. The fraction of sp³-hybridized carbons (Fsp3) is 0.509. The summed E-state index contributed by atoms with van der Waals surface area (Å²) >= 11 is 0. The summed E-state index contributed by atoms with van der Waals surface area (Å²) in [4.78, 5) is 106. The third kappa shape index (κ3) is 25.0. The lowest BCUT2D eigenvalue weighted by Gasteiger charge is -2.35. The zero-order chi connectivity index (χ0) is 54.5. The van der Waals surface area contributed by atoms with Crippen LogP contribution in [0.1, 0.15) is 133 Å². The van der Waals surface area contributed by atoms with Gasteiger partial charge in [-0.25, -0.2) is 14.4 Å². The van der Waals surface area contributed by atoms with Crippen LogP contribution in [0.4, 0.5) is 48.5 Å². The lowest BCUT2D eigenvalue weighted by molar-refractivity contribution is -0.128. The molecule has 0 aliphatic carbocycles. The number of benzene rings is 3.